The van der Waals surface area contributed by atoms with Gasteiger partial charge in [-0.25, -0.2) is 22.6 Å². The normalized spacial score (nSPS) is 15.9. The molecule has 1 aliphatic heterocycles. The largest absolute Gasteiger partial charge is 0.392 e. The maximum Gasteiger partial charge on any atom is 0.245 e. The fourth-order valence-corrected chi connectivity index (χ4v) is 6.37. The van der Waals surface area contributed by atoms with Crippen molar-refractivity contribution in [2.24, 2.45) is 0 Å². The number of anilines is 3. The Bertz CT molecular complexity index is 1570. The van der Waals surface area contributed by atoms with Gasteiger partial charge in [-0.1, -0.05) is 12.1 Å². The van der Waals surface area contributed by atoms with Crippen LogP contribution in [0.4, 0.5) is 17.3 Å². The Hall–Kier alpha value is -3.51. The standard InChI is InChI=1S/C29H37N7O3S/c1-21(37)20-34-14-16-35(17-15-34)24-10-8-23(9-11-24)31-28-30-19-25-12-13-27(36(25)32-28)22-6-5-7-26(18-22)40(38,39)33-29(2,3)4/h5-13,18-19,21,33,37H,14-17,20H2,1-4H3,(H,31,32). The fourth-order valence-electron chi connectivity index (χ4n) is 4.91. The Labute approximate surface area is 235 Å². The molecule has 11 heteroatoms. The van der Waals surface area contributed by atoms with Crippen molar-refractivity contribution in [2.45, 2.75) is 44.2 Å². The van der Waals surface area contributed by atoms with Crippen LogP contribution in [0.1, 0.15) is 27.7 Å². The third-order valence-corrected chi connectivity index (χ3v) is 8.42. The summed E-state index contributed by atoms with van der Waals surface area (Å²) in [6.45, 7) is 11.7. The Morgan fingerprint density at radius 3 is 2.40 bits per heavy atom. The third kappa shape index (κ3) is 6.61. The Morgan fingerprint density at radius 2 is 1.73 bits per heavy atom. The van der Waals surface area contributed by atoms with Crippen molar-refractivity contribution in [3.05, 3.63) is 66.9 Å². The molecule has 0 aliphatic carbocycles. The quantitative estimate of drug-likeness (QED) is 0.297. The van der Waals surface area contributed by atoms with E-state index >= 15 is 0 Å². The number of β-amino-alcohol motifs (C(OH)–C–C–N with tert-alkyl or cyclic N) is 1. The maximum atomic E-state index is 12.9. The molecule has 2 aromatic heterocycles. The number of fused-ring (bicyclic) bond motifs is 1. The smallest absolute Gasteiger partial charge is 0.245 e. The van der Waals surface area contributed by atoms with Gasteiger partial charge in [0.2, 0.25) is 16.0 Å². The molecule has 1 aliphatic rings. The summed E-state index contributed by atoms with van der Waals surface area (Å²) in [5.74, 6) is 0.433. The van der Waals surface area contributed by atoms with E-state index in [1.165, 1.54) is 0 Å². The van der Waals surface area contributed by atoms with Gasteiger partial charge in [-0.15, -0.1) is 5.10 Å². The molecule has 0 bridgehead atoms. The highest BCUT2D eigenvalue weighted by atomic mass is 32.2. The summed E-state index contributed by atoms with van der Waals surface area (Å²) < 4.78 is 30.3. The molecule has 212 valence electrons. The van der Waals surface area contributed by atoms with Crippen molar-refractivity contribution in [3.63, 3.8) is 0 Å². The molecule has 1 unspecified atom stereocenters. The zero-order valence-corrected chi connectivity index (χ0v) is 24.2. The van der Waals surface area contributed by atoms with Crippen LogP contribution in [0, 0.1) is 0 Å². The number of hydrogen-bond donors (Lipinski definition) is 3. The third-order valence-electron chi connectivity index (χ3n) is 6.66. The number of nitrogens with zero attached hydrogens (tertiary/aromatic N) is 5. The van der Waals surface area contributed by atoms with Crippen LogP contribution < -0.4 is 14.9 Å². The second-order valence-corrected chi connectivity index (χ2v) is 13.0. The van der Waals surface area contributed by atoms with Crippen LogP contribution >= 0.6 is 0 Å². The topological polar surface area (TPSA) is 115 Å². The molecule has 1 saturated heterocycles. The van der Waals surface area contributed by atoms with Crippen LogP contribution in [0.3, 0.4) is 0 Å². The zero-order valence-electron chi connectivity index (χ0n) is 23.4. The Kier molecular flexibility index (Phi) is 7.83. The van der Waals surface area contributed by atoms with Crippen molar-refractivity contribution < 1.29 is 13.5 Å². The average Bonchev–Trinajstić information content (AvgIpc) is 3.31. The summed E-state index contributed by atoms with van der Waals surface area (Å²) in [4.78, 5) is 9.31. The molecule has 10 nitrogen and oxygen atoms in total. The van der Waals surface area contributed by atoms with Crippen LogP contribution in [0.5, 0.6) is 0 Å². The highest BCUT2D eigenvalue weighted by molar-refractivity contribution is 7.89. The summed E-state index contributed by atoms with van der Waals surface area (Å²) in [5, 5.41) is 17.6. The molecule has 3 heterocycles. The molecule has 0 radical (unpaired) electrons. The predicted octanol–water partition coefficient (Wildman–Crippen LogP) is 3.72. The van der Waals surface area contributed by atoms with Gasteiger partial charge in [-0.2, -0.15) is 0 Å². The predicted molar refractivity (Wildman–Crippen MR) is 159 cm³/mol. The first-order chi connectivity index (χ1) is 19.0. The lowest BCUT2D eigenvalue weighted by Gasteiger charge is -2.36. The molecule has 2 aromatic carbocycles. The number of aliphatic hydroxyl groups is 1. The van der Waals surface area contributed by atoms with Crippen LogP contribution in [-0.4, -0.2) is 77.4 Å². The first-order valence-corrected chi connectivity index (χ1v) is 15.0. The van der Waals surface area contributed by atoms with Gasteiger partial charge >= 0.3 is 0 Å². The number of benzene rings is 2. The van der Waals surface area contributed by atoms with Gasteiger partial charge in [0, 0.05) is 55.2 Å². The molecule has 1 fully saturated rings. The lowest BCUT2D eigenvalue weighted by molar-refractivity contribution is 0.123. The molecule has 0 amide bonds. The van der Waals surface area contributed by atoms with Crippen molar-refractivity contribution in [3.8, 4) is 11.3 Å². The second kappa shape index (κ2) is 11.2. The number of aromatic nitrogens is 3. The monoisotopic (exact) mass is 563 g/mol. The minimum Gasteiger partial charge on any atom is -0.392 e. The van der Waals surface area contributed by atoms with E-state index < -0.39 is 15.6 Å². The van der Waals surface area contributed by atoms with E-state index in [1.807, 2.05) is 58.0 Å². The van der Waals surface area contributed by atoms with Crippen molar-refractivity contribution in [1.82, 2.24) is 24.2 Å². The minimum atomic E-state index is -3.67. The first-order valence-electron chi connectivity index (χ1n) is 13.5. The van der Waals surface area contributed by atoms with Crippen LogP contribution in [0.25, 0.3) is 16.8 Å². The molecule has 40 heavy (non-hydrogen) atoms. The summed E-state index contributed by atoms with van der Waals surface area (Å²) >= 11 is 0. The summed E-state index contributed by atoms with van der Waals surface area (Å²) in [6.07, 6.45) is 1.43. The van der Waals surface area contributed by atoms with E-state index in [0.717, 1.165) is 54.3 Å². The van der Waals surface area contributed by atoms with E-state index in [9.17, 15) is 13.5 Å². The molecule has 1 atom stereocenters. The van der Waals surface area contributed by atoms with Crippen LogP contribution in [0.2, 0.25) is 0 Å². The summed E-state index contributed by atoms with van der Waals surface area (Å²) in [7, 11) is -3.67. The average molecular weight is 564 g/mol. The fraction of sp³-hybridized carbons (Fsp3) is 0.379. The first kappa shape index (κ1) is 28.0. The Morgan fingerprint density at radius 1 is 1.00 bits per heavy atom. The van der Waals surface area contributed by atoms with Crippen LogP contribution in [0.15, 0.2) is 71.8 Å². The van der Waals surface area contributed by atoms with Crippen molar-refractivity contribution in [1.29, 1.82) is 0 Å². The second-order valence-electron chi connectivity index (χ2n) is 11.3. The molecule has 4 aromatic rings. The van der Waals surface area contributed by atoms with Crippen LogP contribution in [-0.2, 0) is 10.0 Å². The van der Waals surface area contributed by atoms with Gasteiger partial charge in [0.15, 0.2) is 0 Å². The molecular formula is C29H37N7O3S. The highest BCUT2D eigenvalue weighted by Gasteiger charge is 2.23. The molecule has 0 spiro atoms. The van der Waals surface area contributed by atoms with Gasteiger partial charge in [0.25, 0.3) is 0 Å². The lowest BCUT2D eigenvalue weighted by atomic mass is 10.1. The van der Waals surface area contributed by atoms with Gasteiger partial charge in [-0.3, -0.25) is 4.90 Å². The Balaban J connectivity index is 1.32. The van der Waals surface area contributed by atoms with Gasteiger partial charge in [0.1, 0.15) is 0 Å². The SMILES string of the molecule is CC(O)CN1CCN(c2ccc(Nc3ncc4ccc(-c5cccc(S(=O)(=O)NC(C)(C)C)c5)n4n3)cc2)CC1. The molecular weight excluding hydrogens is 526 g/mol. The van der Waals surface area contributed by atoms with E-state index in [2.05, 4.69) is 37.0 Å². The number of aliphatic hydroxyl groups excluding tert-OH is 1. The number of nitrogens with one attached hydrogen (secondary N) is 2. The highest BCUT2D eigenvalue weighted by Crippen LogP contribution is 2.26. The molecule has 0 saturated carbocycles. The van der Waals surface area contributed by atoms with Crippen molar-refractivity contribution >= 4 is 32.9 Å². The number of sulfonamides is 1. The summed E-state index contributed by atoms with van der Waals surface area (Å²) in [6, 6.07) is 18.9. The van der Waals surface area contributed by atoms with E-state index in [-0.39, 0.29) is 11.0 Å². The van der Waals surface area contributed by atoms with Crippen molar-refractivity contribution in [2.75, 3.05) is 42.9 Å². The zero-order chi connectivity index (χ0) is 28.5. The number of piperazine rings is 1. The van der Waals surface area contributed by atoms with Gasteiger partial charge in [-0.05, 0) is 76.2 Å². The molecule has 5 rings (SSSR count). The van der Waals surface area contributed by atoms with E-state index in [0.29, 0.717) is 12.5 Å². The lowest BCUT2D eigenvalue weighted by Crippen LogP contribution is -2.48. The number of hydrogen-bond acceptors (Lipinski definition) is 8. The van der Waals surface area contributed by atoms with E-state index in [4.69, 9.17) is 5.10 Å². The number of rotatable bonds is 8. The minimum absolute atomic E-state index is 0.201. The van der Waals surface area contributed by atoms with Gasteiger partial charge in [0.05, 0.1) is 28.4 Å². The summed E-state index contributed by atoms with van der Waals surface area (Å²) in [5.41, 5.74) is 3.73. The van der Waals surface area contributed by atoms with Gasteiger partial charge < -0.3 is 15.3 Å². The maximum absolute atomic E-state index is 12.9. The molecule has 3 N–H and O–H groups in total. The van der Waals surface area contributed by atoms with E-state index in [1.54, 1.807) is 28.9 Å².